The molecule has 24 heavy (non-hydrogen) atoms. The molecule has 0 radical (unpaired) electrons. The van der Waals surface area contributed by atoms with Crippen LogP contribution in [0, 0.1) is 0 Å². The van der Waals surface area contributed by atoms with Crippen molar-refractivity contribution in [2.24, 2.45) is 0 Å². The van der Waals surface area contributed by atoms with Crippen molar-refractivity contribution < 1.29 is 9.53 Å². The molecule has 1 aromatic carbocycles. The Hall–Kier alpha value is -2.27. The van der Waals surface area contributed by atoms with Gasteiger partial charge in [0.05, 0.1) is 17.6 Å². The van der Waals surface area contributed by atoms with Crippen LogP contribution in [0.15, 0.2) is 48.8 Å². The molecule has 0 unspecified atom stereocenters. The van der Waals surface area contributed by atoms with E-state index in [-0.39, 0.29) is 18.2 Å². The van der Waals surface area contributed by atoms with Crippen molar-refractivity contribution in [2.45, 2.75) is 26.0 Å². The zero-order chi connectivity index (χ0) is 17.5. The first-order valence-electron chi connectivity index (χ1n) is 7.80. The van der Waals surface area contributed by atoms with Crippen molar-refractivity contribution >= 4 is 17.6 Å². The second kappa shape index (κ2) is 8.55. The molecule has 0 aliphatic heterocycles. The third-order valence-electron chi connectivity index (χ3n) is 3.80. The van der Waals surface area contributed by atoms with E-state index in [1.165, 1.54) is 0 Å². The Labute approximate surface area is 147 Å². The second-order valence-corrected chi connectivity index (χ2v) is 6.02. The first-order valence-corrected chi connectivity index (χ1v) is 8.18. The molecule has 1 N–H and O–H groups in total. The van der Waals surface area contributed by atoms with Gasteiger partial charge in [0.1, 0.15) is 11.9 Å². The predicted octanol–water partition coefficient (Wildman–Crippen LogP) is 3.90. The molecule has 2 rings (SSSR count). The summed E-state index contributed by atoms with van der Waals surface area (Å²) >= 11 is 6.07. The molecule has 0 aliphatic carbocycles. The number of urea groups is 1. The number of aromatic nitrogens is 1. The maximum Gasteiger partial charge on any atom is 0.317 e. The molecule has 2 amide bonds. The highest BCUT2D eigenvalue weighted by molar-refractivity contribution is 6.32. The Morgan fingerprint density at radius 2 is 1.92 bits per heavy atom. The minimum absolute atomic E-state index is 0.0483. The molecule has 2 atom stereocenters. The normalized spacial score (nSPS) is 13.0. The van der Waals surface area contributed by atoms with E-state index in [1.54, 1.807) is 36.5 Å². The third-order valence-corrected chi connectivity index (χ3v) is 4.11. The minimum Gasteiger partial charge on any atom is -0.487 e. The first-order chi connectivity index (χ1) is 11.5. The highest BCUT2D eigenvalue weighted by Gasteiger charge is 2.18. The van der Waals surface area contributed by atoms with Crippen LogP contribution in [0.1, 0.15) is 25.5 Å². The summed E-state index contributed by atoms with van der Waals surface area (Å²) in [4.78, 5) is 17.9. The van der Waals surface area contributed by atoms with E-state index in [2.05, 4.69) is 10.3 Å². The van der Waals surface area contributed by atoms with Gasteiger partial charge in [-0.1, -0.05) is 23.7 Å². The predicted molar refractivity (Wildman–Crippen MR) is 95.4 cm³/mol. The quantitative estimate of drug-likeness (QED) is 0.862. The van der Waals surface area contributed by atoms with Gasteiger partial charge in [-0.2, -0.15) is 0 Å². The zero-order valence-electron chi connectivity index (χ0n) is 14.1. The van der Waals surface area contributed by atoms with Gasteiger partial charge in [-0.05, 0) is 43.7 Å². The van der Waals surface area contributed by atoms with E-state index in [0.29, 0.717) is 17.3 Å². The maximum absolute atomic E-state index is 12.3. The van der Waals surface area contributed by atoms with Crippen LogP contribution in [0.25, 0.3) is 0 Å². The fourth-order valence-corrected chi connectivity index (χ4v) is 2.38. The van der Waals surface area contributed by atoms with E-state index in [4.69, 9.17) is 16.3 Å². The van der Waals surface area contributed by atoms with Gasteiger partial charge in [-0.25, -0.2) is 4.79 Å². The summed E-state index contributed by atoms with van der Waals surface area (Å²) in [5.74, 6) is 0.611. The number of hydrogen-bond donors (Lipinski definition) is 1. The summed E-state index contributed by atoms with van der Waals surface area (Å²) in [5, 5.41) is 3.43. The monoisotopic (exact) mass is 347 g/mol. The summed E-state index contributed by atoms with van der Waals surface area (Å²) in [6, 6.07) is 10.9. The Morgan fingerprint density at radius 1 is 1.25 bits per heavy atom. The van der Waals surface area contributed by atoms with Crippen molar-refractivity contribution in [2.75, 3.05) is 13.6 Å². The molecule has 0 bridgehead atoms. The van der Waals surface area contributed by atoms with E-state index in [1.807, 2.05) is 38.1 Å². The standard InChI is InChI=1S/C18H22ClN3O2/c1-13(24-17-7-5-4-6-16(17)19)12-21-18(23)22(3)14(2)15-8-10-20-11-9-15/h4-11,13-14H,12H2,1-3H3,(H,21,23)/t13-,14-/m1/s1. The molecule has 5 nitrogen and oxygen atoms in total. The number of ether oxygens (including phenoxy) is 1. The summed E-state index contributed by atoms with van der Waals surface area (Å²) in [6.45, 7) is 4.24. The van der Waals surface area contributed by atoms with Gasteiger partial charge in [-0.15, -0.1) is 0 Å². The Morgan fingerprint density at radius 3 is 2.58 bits per heavy atom. The molecule has 0 fully saturated rings. The maximum atomic E-state index is 12.3. The minimum atomic E-state index is -0.196. The zero-order valence-corrected chi connectivity index (χ0v) is 14.8. The average Bonchev–Trinajstić information content (AvgIpc) is 2.61. The van der Waals surface area contributed by atoms with Crippen LogP contribution >= 0.6 is 11.6 Å². The van der Waals surface area contributed by atoms with Crippen molar-refractivity contribution in [3.8, 4) is 5.75 Å². The van der Waals surface area contributed by atoms with E-state index < -0.39 is 0 Å². The number of nitrogens with zero attached hydrogens (tertiary/aromatic N) is 2. The molecule has 0 aliphatic rings. The lowest BCUT2D eigenvalue weighted by atomic mass is 10.1. The lowest BCUT2D eigenvalue weighted by molar-refractivity contribution is 0.179. The summed E-state index contributed by atoms with van der Waals surface area (Å²) in [6.07, 6.45) is 3.24. The Balaban J connectivity index is 1.85. The molecule has 2 aromatic rings. The van der Waals surface area contributed by atoms with Crippen molar-refractivity contribution in [1.82, 2.24) is 15.2 Å². The number of carbonyl (C=O) groups is 1. The first kappa shape index (κ1) is 18.1. The summed E-state index contributed by atoms with van der Waals surface area (Å²) in [7, 11) is 1.76. The van der Waals surface area contributed by atoms with Crippen LogP contribution < -0.4 is 10.1 Å². The fourth-order valence-electron chi connectivity index (χ4n) is 2.20. The molecule has 0 saturated heterocycles. The highest BCUT2D eigenvalue weighted by atomic mass is 35.5. The fraction of sp³-hybridized carbons (Fsp3) is 0.333. The van der Waals surface area contributed by atoms with Gasteiger partial charge in [0, 0.05) is 19.4 Å². The van der Waals surface area contributed by atoms with Gasteiger partial charge in [0.2, 0.25) is 0 Å². The van der Waals surface area contributed by atoms with Crippen molar-refractivity contribution in [3.63, 3.8) is 0 Å². The number of amides is 2. The molecular weight excluding hydrogens is 326 g/mol. The number of hydrogen-bond acceptors (Lipinski definition) is 3. The van der Waals surface area contributed by atoms with Gasteiger partial charge in [-0.3, -0.25) is 4.98 Å². The molecule has 128 valence electrons. The number of nitrogens with one attached hydrogen (secondary N) is 1. The lowest BCUT2D eigenvalue weighted by Gasteiger charge is -2.26. The van der Waals surface area contributed by atoms with E-state index in [9.17, 15) is 4.79 Å². The highest BCUT2D eigenvalue weighted by Crippen LogP contribution is 2.24. The molecule has 1 heterocycles. The third kappa shape index (κ3) is 4.86. The lowest BCUT2D eigenvalue weighted by Crippen LogP contribution is -2.42. The molecule has 1 aromatic heterocycles. The van der Waals surface area contributed by atoms with Crippen LogP contribution in [0.2, 0.25) is 5.02 Å². The van der Waals surface area contributed by atoms with Crippen molar-refractivity contribution in [1.29, 1.82) is 0 Å². The van der Waals surface area contributed by atoms with Gasteiger partial charge in [0.15, 0.2) is 0 Å². The average molecular weight is 348 g/mol. The number of carbonyl (C=O) groups excluding carboxylic acids is 1. The summed E-state index contributed by atoms with van der Waals surface area (Å²) < 4.78 is 5.75. The van der Waals surface area contributed by atoms with E-state index in [0.717, 1.165) is 5.56 Å². The smallest absolute Gasteiger partial charge is 0.317 e. The number of para-hydroxylation sites is 1. The molecule has 6 heteroatoms. The van der Waals surface area contributed by atoms with Crippen LogP contribution in [-0.2, 0) is 0 Å². The van der Waals surface area contributed by atoms with Crippen LogP contribution in [0.4, 0.5) is 4.79 Å². The van der Waals surface area contributed by atoms with Crippen LogP contribution in [0.3, 0.4) is 0 Å². The largest absolute Gasteiger partial charge is 0.487 e. The van der Waals surface area contributed by atoms with Gasteiger partial charge in [0.25, 0.3) is 0 Å². The number of benzene rings is 1. The van der Waals surface area contributed by atoms with E-state index >= 15 is 0 Å². The number of rotatable bonds is 6. The topological polar surface area (TPSA) is 54.5 Å². The SMILES string of the molecule is C[C@H](CNC(=O)N(C)[C@H](C)c1ccncc1)Oc1ccccc1Cl. The summed E-state index contributed by atoms with van der Waals surface area (Å²) in [5.41, 5.74) is 1.03. The Kier molecular flexibility index (Phi) is 6.44. The van der Waals surface area contributed by atoms with Gasteiger partial charge >= 0.3 is 6.03 Å². The Bertz CT molecular complexity index is 666. The number of pyridine rings is 1. The second-order valence-electron chi connectivity index (χ2n) is 5.61. The van der Waals surface area contributed by atoms with Crippen LogP contribution in [0.5, 0.6) is 5.75 Å². The molecular formula is C18H22ClN3O2. The number of halogens is 1. The van der Waals surface area contributed by atoms with Crippen LogP contribution in [-0.4, -0.2) is 35.6 Å². The van der Waals surface area contributed by atoms with Gasteiger partial charge < -0.3 is 15.0 Å². The molecule has 0 saturated carbocycles. The molecule has 0 spiro atoms. The van der Waals surface area contributed by atoms with Crippen molar-refractivity contribution in [3.05, 3.63) is 59.4 Å².